The molecule has 134 valence electrons. The normalized spacial score (nSPS) is 20.7. The first-order valence-corrected chi connectivity index (χ1v) is 9.04. The number of piperazine rings is 1. The third-order valence-electron chi connectivity index (χ3n) is 4.73. The number of carbonyl (C=O) groups is 1. The van der Waals surface area contributed by atoms with E-state index >= 15 is 0 Å². The van der Waals surface area contributed by atoms with E-state index in [1.165, 1.54) is 0 Å². The van der Waals surface area contributed by atoms with Crippen molar-refractivity contribution in [3.63, 3.8) is 0 Å². The molecule has 1 aliphatic rings. The van der Waals surface area contributed by atoms with E-state index in [1.54, 1.807) is 0 Å². The van der Waals surface area contributed by atoms with Gasteiger partial charge in [0.25, 0.3) is 0 Å². The van der Waals surface area contributed by atoms with Gasteiger partial charge in [0, 0.05) is 31.2 Å². The van der Waals surface area contributed by atoms with Crippen LogP contribution in [0, 0.1) is 0 Å². The van der Waals surface area contributed by atoms with Crippen LogP contribution >= 0.6 is 0 Å². The number of benzene rings is 1. The van der Waals surface area contributed by atoms with E-state index < -0.39 is 12.0 Å². The first kappa shape index (κ1) is 18.7. The summed E-state index contributed by atoms with van der Waals surface area (Å²) in [4.78, 5) is 16.6. The highest BCUT2D eigenvalue weighted by molar-refractivity contribution is 5.76. The van der Waals surface area contributed by atoms with Crippen molar-refractivity contribution in [2.45, 2.75) is 45.7 Å². The zero-order chi connectivity index (χ0) is 17.5. The van der Waals surface area contributed by atoms with Crippen LogP contribution in [0.25, 0.3) is 0 Å². The lowest BCUT2D eigenvalue weighted by molar-refractivity contribution is -0.145. The molecule has 1 aromatic carbocycles. The molecule has 2 unspecified atom stereocenters. The van der Waals surface area contributed by atoms with Crippen LogP contribution in [-0.2, 0) is 4.79 Å². The van der Waals surface area contributed by atoms with Crippen LogP contribution in [0.15, 0.2) is 24.3 Å². The van der Waals surface area contributed by atoms with Crippen molar-refractivity contribution >= 4 is 5.97 Å². The van der Waals surface area contributed by atoms with E-state index in [2.05, 4.69) is 23.6 Å². The number of aliphatic carboxylic acids is 1. The lowest BCUT2D eigenvalue weighted by Gasteiger charge is -2.43. The molecule has 5 heteroatoms. The number of nitrogens with zero attached hydrogens (tertiary/aromatic N) is 2. The van der Waals surface area contributed by atoms with Crippen molar-refractivity contribution in [1.82, 2.24) is 9.80 Å². The molecule has 1 saturated heterocycles. The van der Waals surface area contributed by atoms with Gasteiger partial charge in [-0.2, -0.15) is 0 Å². The molecule has 0 aromatic heterocycles. The molecule has 1 fully saturated rings. The quantitative estimate of drug-likeness (QED) is 0.792. The lowest BCUT2D eigenvalue weighted by Crippen LogP contribution is -2.54. The van der Waals surface area contributed by atoms with Crippen LogP contribution in [0.4, 0.5) is 0 Å². The number of hydrogen-bond acceptors (Lipinski definition) is 4. The summed E-state index contributed by atoms with van der Waals surface area (Å²) in [5.74, 6) is -0.127. The number of carboxylic acid groups (broad SMARTS) is 1. The van der Waals surface area contributed by atoms with Gasteiger partial charge in [-0.25, -0.2) is 0 Å². The van der Waals surface area contributed by atoms with Gasteiger partial charge in [-0.3, -0.25) is 14.6 Å². The summed E-state index contributed by atoms with van der Waals surface area (Å²) in [5.41, 5.74) is 0.755. The zero-order valence-electron chi connectivity index (χ0n) is 15.1. The highest BCUT2D eigenvalue weighted by Crippen LogP contribution is 2.31. The predicted molar refractivity (Wildman–Crippen MR) is 95.5 cm³/mol. The second-order valence-electron chi connectivity index (χ2n) is 6.30. The Hall–Kier alpha value is -1.59. The molecule has 2 atom stereocenters. The predicted octanol–water partition coefficient (Wildman–Crippen LogP) is 3.02. The van der Waals surface area contributed by atoms with Gasteiger partial charge in [0.2, 0.25) is 0 Å². The average molecular weight is 334 g/mol. The van der Waals surface area contributed by atoms with Gasteiger partial charge in [0.05, 0.1) is 6.61 Å². The van der Waals surface area contributed by atoms with Gasteiger partial charge in [0.15, 0.2) is 0 Å². The Morgan fingerprint density at radius 1 is 1.29 bits per heavy atom. The molecule has 0 saturated carbocycles. The van der Waals surface area contributed by atoms with Gasteiger partial charge in [0.1, 0.15) is 11.8 Å². The molecule has 24 heavy (non-hydrogen) atoms. The maximum absolute atomic E-state index is 12.0. The summed E-state index contributed by atoms with van der Waals surface area (Å²) in [7, 11) is 0. The summed E-state index contributed by atoms with van der Waals surface area (Å²) in [6.07, 6.45) is 2.17. The van der Waals surface area contributed by atoms with Crippen LogP contribution < -0.4 is 4.74 Å². The highest BCUT2D eigenvalue weighted by Gasteiger charge is 2.35. The molecule has 1 aromatic rings. The molecule has 0 amide bonds. The number of para-hydroxylation sites is 1. The van der Waals surface area contributed by atoms with Crippen LogP contribution in [0.5, 0.6) is 5.75 Å². The molecule has 0 aliphatic carbocycles. The Kier molecular flexibility index (Phi) is 7.06. The fourth-order valence-corrected chi connectivity index (χ4v) is 3.60. The molecule has 1 N–H and O–H groups in total. The Balaban J connectivity index is 2.24. The third kappa shape index (κ3) is 4.28. The standard InChI is InChI=1S/C19H30N2O3/c1-4-11-20-12-13-21(14-15(20)5-2)18(19(22)23)16-9-7-8-10-17(16)24-6-3/h7-10,15,18H,4-6,11-14H2,1-3H3,(H,22,23). The van der Waals surface area contributed by atoms with Crippen LogP contribution in [0.3, 0.4) is 0 Å². The maximum Gasteiger partial charge on any atom is 0.325 e. The van der Waals surface area contributed by atoms with E-state index in [-0.39, 0.29) is 0 Å². The van der Waals surface area contributed by atoms with E-state index in [0.29, 0.717) is 18.4 Å². The summed E-state index contributed by atoms with van der Waals surface area (Å²) in [6.45, 7) is 10.4. The Morgan fingerprint density at radius 2 is 2.04 bits per heavy atom. The molecule has 0 radical (unpaired) electrons. The van der Waals surface area contributed by atoms with Crippen molar-refractivity contribution in [1.29, 1.82) is 0 Å². The number of ether oxygens (including phenoxy) is 1. The van der Waals surface area contributed by atoms with E-state index in [4.69, 9.17) is 4.74 Å². The van der Waals surface area contributed by atoms with E-state index in [1.807, 2.05) is 31.2 Å². The number of carboxylic acids is 1. The third-order valence-corrected chi connectivity index (χ3v) is 4.73. The van der Waals surface area contributed by atoms with Gasteiger partial charge in [-0.05, 0) is 32.4 Å². The van der Waals surface area contributed by atoms with Crippen molar-refractivity contribution in [3.05, 3.63) is 29.8 Å². The molecule has 5 nitrogen and oxygen atoms in total. The Bertz CT molecular complexity index is 535. The fraction of sp³-hybridized carbons (Fsp3) is 0.632. The molecular formula is C19H30N2O3. The topological polar surface area (TPSA) is 53.0 Å². The van der Waals surface area contributed by atoms with Gasteiger partial charge in [-0.1, -0.05) is 32.0 Å². The minimum absolute atomic E-state index is 0.416. The first-order valence-electron chi connectivity index (χ1n) is 9.04. The monoisotopic (exact) mass is 334 g/mol. The highest BCUT2D eigenvalue weighted by atomic mass is 16.5. The lowest BCUT2D eigenvalue weighted by atomic mass is 10.0. The van der Waals surface area contributed by atoms with Crippen molar-refractivity contribution < 1.29 is 14.6 Å². The fourth-order valence-electron chi connectivity index (χ4n) is 3.60. The van der Waals surface area contributed by atoms with E-state index in [9.17, 15) is 9.90 Å². The molecule has 2 rings (SSSR count). The largest absolute Gasteiger partial charge is 0.494 e. The van der Waals surface area contributed by atoms with Gasteiger partial charge >= 0.3 is 5.97 Å². The molecule has 0 spiro atoms. The second-order valence-corrected chi connectivity index (χ2v) is 6.30. The summed E-state index contributed by atoms with van der Waals surface area (Å²) in [6, 6.07) is 7.29. The number of rotatable bonds is 8. The molecule has 1 aliphatic heterocycles. The second kappa shape index (κ2) is 9.04. The van der Waals surface area contributed by atoms with Crippen molar-refractivity contribution in [3.8, 4) is 5.75 Å². The minimum Gasteiger partial charge on any atom is -0.494 e. The SMILES string of the molecule is CCCN1CCN(C(C(=O)O)c2ccccc2OCC)CC1CC. The van der Waals surface area contributed by atoms with Crippen molar-refractivity contribution in [2.24, 2.45) is 0 Å². The Morgan fingerprint density at radius 3 is 2.67 bits per heavy atom. The van der Waals surface area contributed by atoms with Crippen LogP contribution in [0.1, 0.15) is 45.2 Å². The van der Waals surface area contributed by atoms with Crippen LogP contribution in [0.2, 0.25) is 0 Å². The van der Waals surface area contributed by atoms with E-state index in [0.717, 1.165) is 44.6 Å². The average Bonchev–Trinajstić information content (AvgIpc) is 2.58. The van der Waals surface area contributed by atoms with Gasteiger partial charge in [-0.15, -0.1) is 0 Å². The zero-order valence-corrected chi connectivity index (χ0v) is 15.1. The molecule has 1 heterocycles. The Labute approximate surface area is 145 Å². The summed E-state index contributed by atoms with van der Waals surface area (Å²) in [5, 5.41) is 9.89. The van der Waals surface area contributed by atoms with Gasteiger partial charge < -0.3 is 9.84 Å². The first-order chi connectivity index (χ1) is 11.6. The van der Waals surface area contributed by atoms with Crippen LogP contribution in [-0.4, -0.2) is 59.7 Å². The minimum atomic E-state index is -0.805. The molecular weight excluding hydrogens is 304 g/mol. The molecule has 0 bridgehead atoms. The van der Waals surface area contributed by atoms with Crippen molar-refractivity contribution in [2.75, 3.05) is 32.8 Å². The summed E-state index contributed by atoms with van der Waals surface area (Å²) >= 11 is 0. The smallest absolute Gasteiger partial charge is 0.325 e. The summed E-state index contributed by atoms with van der Waals surface area (Å²) < 4.78 is 5.67. The maximum atomic E-state index is 12.0. The number of hydrogen-bond donors (Lipinski definition) is 1.